The molecule has 0 atom stereocenters. The van der Waals surface area contributed by atoms with Gasteiger partial charge in [-0.2, -0.15) is 0 Å². The van der Waals surface area contributed by atoms with Gasteiger partial charge in [0.05, 0.1) is 11.5 Å². The number of pyridine rings is 1. The molecule has 0 spiro atoms. The van der Waals surface area contributed by atoms with E-state index in [9.17, 15) is 8.42 Å². The van der Waals surface area contributed by atoms with Gasteiger partial charge in [0.25, 0.3) is 10.0 Å². The Kier molecular flexibility index (Phi) is 3.82. The molecule has 0 saturated carbocycles. The lowest BCUT2D eigenvalue weighted by molar-refractivity contribution is 0.105. The number of hydrogen-bond acceptors (Lipinski definition) is 4. The lowest BCUT2D eigenvalue weighted by Gasteiger charge is -2.04. The predicted octanol–water partition coefficient (Wildman–Crippen LogP) is 0.965. The van der Waals surface area contributed by atoms with E-state index in [-0.39, 0.29) is 16.7 Å². The third-order valence-corrected chi connectivity index (χ3v) is 2.74. The second kappa shape index (κ2) is 4.70. The Morgan fingerprint density at radius 3 is 2.93 bits per heavy atom. The number of hydrogen-bond donors (Lipinski definition) is 1. The highest BCUT2D eigenvalue weighted by Gasteiger charge is 2.13. The van der Waals surface area contributed by atoms with E-state index in [4.69, 9.17) is 11.6 Å². The van der Waals surface area contributed by atoms with Crippen LogP contribution in [0.1, 0.15) is 6.92 Å². The molecule has 0 bridgehead atoms. The molecule has 0 aromatic carbocycles. The Hall–Kier alpha value is -0.690. The van der Waals surface area contributed by atoms with Crippen molar-refractivity contribution in [1.29, 1.82) is 0 Å². The van der Waals surface area contributed by atoms with E-state index in [1.807, 2.05) is 4.89 Å². The molecule has 1 heterocycles. The van der Waals surface area contributed by atoms with Gasteiger partial charge in [0.2, 0.25) is 0 Å². The van der Waals surface area contributed by atoms with Crippen LogP contribution in [-0.4, -0.2) is 20.0 Å². The maximum Gasteiger partial charge on any atom is 0.262 e. The van der Waals surface area contributed by atoms with Gasteiger partial charge in [0.1, 0.15) is 5.15 Å². The standard InChI is InChI=1S/C7H9ClN2O3S/c1-2-13-10-14(11,12)6-3-4-9-7(8)5-6/h3-5,10H,2H2,1H3. The molecule has 0 fully saturated rings. The van der Waals surface area contributed by atoms with Crippen LogP contribution in [0.2, 0.25) is 5.15 Å². The topological polar surface area (TPSA) is 68.3 Å². The van der Waals surface area contributed by atoms with Crippen molar-refractivity contribution < 1.29 is 13.3 Å². The molecular formula is C7H9ClN2O3S. The van der Waals surface area contributed by atoms with Crippen LogP contribution in [0.5, 0.6) is 0 Å². The van der Waals surface area contributed by atoms with Crippen LogP contribution >= 0.6 is 11.6 Å². The highest BCUT2D eigenvalue weighted by atomic mass is 35.5. The van der Waals surface area contributed by atoms with E-state index >= 15 is 0 Å². The molecule has 78 valence electrons. The smallest absolute Gasteiger partial charge is 0.262 e. The molecular weight excluding hydrogens is 228 g/mol. The summed E-state index contributed by atoms with van der Waals surface area (Å²) in [4.78, 5) is 10.2. The molecule has 14 heavy (non-hydrogen) atoms. The van der Waals surface area contributed by atoms with Crippen LogP contribution in [0.3, 0.4) is 0 Å². The first kappa shape index (κ1) is 11.4. The van der Waals surface area contributed by atoms with Crippen LogP contribution in [0.25, 0.3) is 0 Å². The summed E-state index contributed by atoms with van der Waals surface area (Å²) < 4.78 is 22.8. The van der Waals surface area contributed by atoms with Gasteiger partial charge in [-0.05, 0) is 19.1 Å². The van der Waals surface area contributed by atoms with Gasteiger partial charge in [-0.15, -0.1) is 0 Å². The summed E-state index contributed by atoms with van der Waals surface area (Å²) in [6.45, 7) is 1.92. The van der Waals surface area contributed by atoms with Crippen molar-refractivity contribution >= 4 is 21.6 Å². The van der Waals surface area contributed by atoms with Crippen LogP contribution in [0, 0.1) is 0 Å². The van der Waals surface area contributed by atoms with Gasteiger partial charge in [0, 0.05) is 6.20 Å². The zero-order valence-corrected chi connectivity index (χ0v) is 8.97. The number of sulfonamides is 1. The van der Waals surface area contributed by atoms with Crippen molar-refractivity contribution in [2.75, 3.05) is 6.61 Å². The third kappa shape index (κ3) is 2.91. The van der Waals surface area contributed by atoms with Crippen molar-refractivity contribution in [2.45, 2.75) is 11.8 Å². The highest BCUT2D eigenvalue weighted by molar-refractivity contribution is 7.89. The molecule has 0 aliphatic rings. The van der Waals surface area contributed by atoms with E-state index in [2.05, 4.69) is 9.82 Å². The summed E-state index contributed by atoms with van der Waals surface area (Å²) in [5.41, 5.74) is 0. The van der Waals surface area contributed by atoms with Crippen molar-refractivity contribution in [1.82, 2.24) is 9.87 Å². The number of nitrogens with zero attached hydrogens (tertiary/aromatic N) is 1. The molecule has 1 N–H and O–H groups in total. The summed E-state index contributed by atoms with van der Waals surface area (Å²) in [7, 11) is -3.64. The van der Waals surface area contributed by atoms with Gasteiger partial charge in [-0.1, -0.05) is 16.5 Å². The fourth-order valence-corrected chi connectivity index (χ4v) is 1.85. The van der Waals surface area contributed by atoms with Crippen LogP contribution in [-0.2, 0) is 14.9 Å². The second-order valence-electron chi connectivity index (χ2n) is 2.33. The average Bonchev–Trinajstić information content (AvgIpc) is 2.15. The minimum Gasteiger partial charge on any atom is -0.287 e. The fraction of sp³-hybridized carbons (Fsp3) is 0.286. The van der Waals surface area contributed by atoms with Crippen LogP contribution < -0.4 is 4.89 Å². The maximum atomic E-state index is 11.4. The zero-order chi connectivity index (χ0) is 10.6. The Morgan fingerprint density at radius 2 is 2.36 bits per heavy atom. The number of nitrogens with one attached hydrogen (secondary N) is 1. The van der Waals surface area contributed by atoms with Crippen molar-refractivity contribution in [2.24, 2.45) is 0 Å². The first-order valence-electron chi connectivity index (χ1n) is 3.81. The average molecular weight is 237 g/mol. The largest absolute Gasteiger partial charge is 0.287 e. The van der Waals surface area contributed by atoms with E-state index in [0.29, 0.717) is 0 Å². The first-order valence-corrected chi connectivity index (χ1v) is 5.67. The summed E-state index contributed by atoms with van der Waals surface area (Å²) in [5.74, 6) is 0. The van der Waals surface area contributed by atoms with E-state index in [1.54, 1.807) is 6.92 Å². The molecule has 0 aliphatic carbocycles. The van der Waals surface area contributed by atoms with Crippen molar-refractivity contribution in [3.8, 4) is 0 Å². The quantitative estimate of drug-likeness (QED) is 0.625. The molecule has 0 saturated heterocycles. The molecule has 5 nitrogen and oxygen atoms in total. The van der Waals surface area contributed by atoms with Crippen molar-refractivity contribution in [3.05, 3.63) is 23.5 Å². The zero-order valence-electron chi connectivity index (χ0n) is 7.40. The maximum absolute atomic E-state index is 11.4. The van der Waals surface area contributed by atoms with Crippen molar-refractivity contribution in [3.63, 3.8) is 0 Å². The van der Waals surface area contributed by atoms with E-state index in [1.165, 1.54) is 18.3 Å². The fourth-order valence-electron chi connectivity index (χ4n) is 0.736. The van der Waals surface area contributed by atoms with E-state index < -0.39 is 10.0 Å². The molecule has 0 radical (unpaired) electrons. The van der Waals surface area contributed by atoms with E-state index in [0.717, 1.165) is 0 Å². The Morgan fingerprint density at radius 1 is 1.64 bits per heavy atom. The summed E-state index contributed by atoms with van der Waals surface area (Å²) in [5, 5.41) is 0.115. The summed E-state index contributed by atoms with van der Waals surface area (Å²) in [6.07, 6.45) is 1.31. The SMILES string of the molecule is CCONS(=O)(=O)c1ccnc(Cl)c1. The minimum atomic E-state index is -3.64. The first-order chi connectivity index (χ1) is 6.56. The molecule has 1 rings (SSSR count). The normalized spacial score (nSPS) is 11.6. The predicted molar refractivity (Wildman–Crippen MR) is 51.2 cm³/mol. The third-order valence-electron chi connectivity index (χ3n) is 1.32. The summed E-state index contributed by atoms with van der Waals surface area (Å²) >= 11 is 5.54. The van der Waals surface area contributed by atoms with Gasteiger partial charge >= 0.3 is 0 Å². The van der Waals surface area contributed by atoms with Gasteiger partial charge < -0.3 is 0 Å². The molecule has 1 aromatic rings. The van der Waals surface area contributed by atoms with Gasteiger partial charge in [-0.25, -0.2) is 13.4 Å². The summed E-state index contributed by atoms with van der Waals surface area (Å²) in [6, 6.07) is 2.57. The number of rotatable bonds is 4. The van der Waals surface area contributed by atoms with Gasteiger partial charge in [-0.3, -0.25) is 4.84 Å². The van der Waals surface area contributed by atoms with Gasteiger partial charge in [0.15, 0.2) is 0 Å². The number of halogens is 1. The molecule has 0 unspecified atom stereocenters. The van der Waals surface area contributed by atoms with Crippen LogP contribution in [0.15, 0.2) is 23.2 Å². The molecule has 1 aromatic heterocycles. The minimum absolute atomic E-state index is 0.0194. The molecule has 0 aliphatic heterocycles. The lowest BCUT2D eigenvalue weighted by Crippen LogP contribution is -2.23. The Labute approximate surface area is 87.1 Å². The molecule has 0 amide bonds. The Balaban J connectivity index is 2.93. The monoisotopic (exact) mass is 236 g/mol. The number of aromatic nitrogens is 1. The Bertz CT molecular complexity index is 407. The van der Waals surface area contributed by atoms with Crippen LogP contribution in [0.4, 0.5) is 0 Å². The molecule has 7 heteroatoms. The highest BCUT2D eigenvalue weighted by Crippen LogP contribution is 2.12. The lowest BCUT2D eigenvalue weighted by atomic mass is 10.5. The second-order valence-corrected chi connectivity index (χ2v) is 4.37.